The highest BCUT2D eigenvalue weighted by Crippen LogP contribution is 2.32. The van der Waals surface area contributed by atoms with Gasteiger partial charge in [0.05, 0.1) is 16.0 Å². The van der Waals surface area contributed by atoms with Gasteiger partial charge in [0, 0.05) is 15.4 Å². The van der Waals surface area contributed by atoms with E-state index in [1.165, 1.54) is 12.8 Å². The highest BCUT2D eigenvalue weighted by atomic mass is 79.9. The lowest BCUT2D eigenvalue weighted by Gasteiger charge is -2.35. The lowest BCUT2D eigenvalue weighted by molar-refractivity contribution is 0.301. The molecule has 1 aromatic rings. The zero-order valence-electron chi connectivity index (χ0n) is 11.6. The molecule has 1 aliphatic rings. The Kier molecular flexibility index (Phi) is 5.60. The molecule has 1 aliphatic carbocycles. The van der Waals surface area contributed by atoms with E-state index >= 15 is 0 Å². The number of nitrogens with one attached hydrogen (secondary N) is 1. The second-order valence-corrected chi connectivity index (χ2v) is 7.86. The van der Waals surface area contributed by atoms with Crippen molar-refractivity contribution in [1.82, 2.24) is 5.32 Å². The van der Waals surface area contributed by atoms with Crippen molar-refractivity contribution in [2.24, 2.45) is 5.92 Å². The highest BCUT2D eigenvalue weighted by molar-refractivity contribution is 9.10. The van der Waals surface area contributed by atoms with Crippen molar-refractivity contribution < 1.29 is 4.21 Å². The fourth-order valence-electron chi connectivity index (χ4n) is 2.92. The Balaban J connectivity index is 2.19. The maximum atomic E-state index is 12.8. The molecule has 0 aliphatic heterocycles. The monoisotopic (exact) mass is 343 g/mol. The minimum Gasteiger partial charge on any atom is -0.316 e. The van der Waals surface area contributed by atoms with Crippen LogP contribution in [0.5, 0.6) is 0 Å². The van der Waals surface area contributed by atoms with Gasteiger partial charge >= 0.3 is 0 Å². The molecule has 106 valence electrons. The first-order valence-electron chi connectivity index (χ1n) is 6.99. The quantitative estimate of drug-likeness (QED) is 0.902. The van der Waals surface area contributed by atoms with Gasteiger partial charge in [-0.2, -0.15) is 0 Å². The van der Waals surface area contributed by atoms with Crippen molar-refractivity contribution in [2.75, 3.05) is 7.05 Å². The van der Waals surface area contributed by atoms with Gasteiger partial charge in [-0.25, -0.2) is 0 Å². The minimum atomic E-state index is -0.925. The van der Waals surface area contributed by atoms with Crippen LogP contribution in [0.15, 0.2) is 33.6 Å². The summed E-state index contributed by atoms with van der Waals surface area (Å²) in [7, 11) is 1.06. The smallest absolute Gasteiger partial charge is 0.0577 e. The molecule has 0 spiro atoms. The van der Waals surface area contributed by atoms with Gasteiger partial charge in [-0.05, 0) is 50.4 Å². The van der Waals surface area contributed by atoms with Gasteiger partial charge in [0.15, 0.2) is 0 Å². The second-order valence-electron chi connectivity index (χ2n) is 5.28. The van der Waals surface area contributed by atoms with Crippen LogP contribution in [-0.2, 0) is 10.8 Å². The Bertz CT molecular complexity index is 452. The van der Waals surface area contributed by atoms with Crippen molar-refractivity contribution in [3.8, 4) is 0 Å². The average molecular weight is 344 g/mol. The van der Waals surface area contributed by atoms with Crippen molar-refractivity contribution in [3.05, 3.63) is 28.7 Å². The molecule has 1 saturated carbocycles. The number of benzene rings is 1. The van der Waals surface area contributed by atoms with Crippen LogP contribution in [-0.4, -0.2) is 22.5 Å². The summed E-state index contributed by atoms with van der Waals surface area (Å²) < 4.78 is 13.8. The molecule has 4 atom stereocenters. The molecule has 0 aromatic heterocycles. The number of hydrogen-bond donors (Lipinski definition) is 1. The standard InChI is InChI=1S/C15H22BrNOS/c1-3-11-7-8-14(17-2)15(9-11)19(18)13-6-4-5-12(16)10-13/h4-6,10-11,14-15,17H,3,7-9H2,1-2H3. The third kappa shape index (κ3) is 3.67. The van der Waals surface area contributed by atoms with Gasteiger partial charge in [0.1, 0.15) is 0 Å². The summed E-state index contributed by atoms with van der Waals surface area (Å²) in [6.07, 6.45) is 4.66. The van der Waals surface area contributed by atoms with Crippen LogP contribution in [0.25, 0.3) is 0 Å². The molecule has 1 fully saturated rings. The van der Waals surface area contributed by atoms with Gasteiger partial charge in [-0.15, -0.1) is 0 Å². The van der Waals surface area contributed by atoms with Crippen molar-refractivity contribution in [3.63, 3.8) is 0 Å². The van der Waals surface area contributed by atoms with Gasteiger partial charge in [0.2, 0.25) is 0 Å². The molecule has 0 radical (unpaired) electrons. The van der Waals surface area contributed by atoms with E-state index in [1.54, 1.807) is 0 Å². The van der Waals surface area contributed by atoms with Gasteiger partial charge in [-0.3, -0.25) is 4.21 Å². The van der Waals surface area contributed by atoms with E-state index in [0.29, 0.717) is 6.04 Å². The normalized spacial score (nSPS) is 29.1. The molecule has 1 aromatic carbocycles. The van der Waals surface area contributed by atoms with E-state index in [9.17, 15) is 4.21 Å². The summed E-state index contributed by atoms with van der Waals surface area (Å²) in [4.78, 5) is 0.941. The van der Waals surface area contributed by atoms with E-state index in [-0.39, 0.29) is 5.25 Å². The summed E-state index contributed by atoms with van der Waals surface area (Å²) in [5.74, 6) is 0.728. The predicted molar refractivity (Wildman–Crippen MR) is 84.8 cm³/mol. The van der Waals surface area contributed by atoms with Crippen LogP contribution >= 0.6 is 15.9 Å². The zero-order chi connectivity index (χ0) is 13.8. The Morgan fingerprint density at radius 3 is 2.84 bits per heavy atom. The highest BCUT2D eigenvalue weighted by Gasteiger charge is 2.33. The fourth-order valence-corrected chi connectivity index (χ4v) is 5.29. The lowest BCUT2D eigenvalue weighted by Crippen LogP contribution is -2.44. The molecule has 0 saturated heterocycles. The average Bonchev–Trinajstić information content (AvgIpc) is 2.45. The van der Waals surface area contributed by atoms with Gasteiger partial charge in [0.25, 0.3) is 0 Å². The van der Waals surface area contributed by atoms with E-state index in [1.807, 2.05) is 31.3 Å². The predicted octanol–water partition coefficient (Wildman–Crippen LogP) is 3.72. The van der Waals surface area contributed by atoms with Crippen molar-refractivity contribution >= 4 is 26.7 Å². The molecule has 0 heterocycles. The maximum Gasteiger partial charge on any atom is 0.0577 e. The largest absolute Gasteiger partial charge is 0.316 e. The topological polar surface area (TPSA) is 29.1 Å². The SMILES string of the molecule is CCC1CCC(NC)C(S(=O)c2cccc(Br)c2)C1. The molecular weight excluding hydrogens is 322 g/mol. The summed E-state index contributed by atoms with van der Waals surface area (Å²) in [6, 6.07) is 8.28. The first kappa shape index (κ1) is 15.2. The minimum absolute atomic E-state index is 0.234. The fraction of sp³-hybridized carbons (Fsp3) is 0.600. The van der Waals surface area contributed by atoms with Crippen molar-refractivity contribution in [1.29, 1.82) is 0 Å². The summed E-state index contributed by atoms with van der Waals surface area (Å²) in [5, 5.41) is 3.59. The van der Waals surface area contributed by atoms with Gasteiger partial charge < -0.3 is 5.32 Å². The molecule has 4 unspecified atom stereocenters. The molecule has 2 nitrogen and oxygen atoms in total. The maximum absolute atomic E-state index is 12.8. The van der Waals surface area contributed by atoms with Crippen LogP contribution < -0.4 is 5.32 Å². The molecule has 0 amide bonds. The number of rotatable bonds is 4. The number of halogens is 1. The summed E-state index contributed by atoms with van der Waals surface area (Å²) in [5.41, 5.74) is 0. The third-order valence-electron chi connectivity index (χ3n) is 4.15. The Morgan fingerprint density at radius 2 is 2.21 bits per heavy atom. The molecule has 1 N–H and O–H groups in total. The van der Waals surface area contributed by atoms with Crippen LogP contribution in [0.1, 0.15) is 32.6 Å². The van der Waals surface area contributed by atoms with E-state index in [0.717, 1.165) is 28.1 Å². The van der Waals surface area contributed by atoms with E-state index in [2.05, 4.69) is 28.2 Å². The van der Waals surface area contributed by atoms with E-state index in [4.69, 9.17) is 0 Å². The van der Waals surface area contributed by atoms with Crippen molar-refractivity contribution in [2.45, 2.75) is 48.8 Å². The Labute approximate surface area is 127 Å². The molecular formula is C15H22BrNOS. The lowest BCUT2D eigenvalue weighted by atomic mass is 9.84. The first-order valence-corrected chi connectivity index (χ1v) is 8.99. The summed E-state index contributed by atoms with van der Waals surface area (Å²) in [6.45, 7) is 2.24. The van der Waals surface area contributed by atoms with Gasteiger partial charge in [-0.1, -0.05) is 35.3 Å². The van der Waals surface area contributed by atoms with Crippen LogP contribution in [0.4, 0.5) is 0 Å². The molecule has 4 heteroatoms. The van der Waals surface area contributed by atoms with Crippen LogP contribution in [0.3, 0.4) is 0 Å². The third-order valence-corrected chi connectivity index (χ3v) is 6.43. The Hall–Kier alpha value is -0.190. The zero-order valence-corrected chi connectivity index (χ0v) is 14.0. The molecule has 0 bridgehead atoms. The Morgan fingerprint density at radius 1 is 1.42 bits per heavy atom. The second kappa shape index (κ2) is 7.00. The number of hydrogen-bond acceptors (Lipinski definition) is 2. The molecule has 2 rings (SSSR count). The van der Waals surface area contributed by atoms with E-state index < -0.39 is 10.8 Å². The van der Waals surface area contributed by atoms with Crippen LogP contribution in [0.2, 0.25) is 0 Å². The first-order chi connectivity index (χ1) is 9.15. The van der Waals surface area contributed by atoms with Crippen LogP contribution in [0, 0.1) is 5.92 Å². The summed E-state index contributed by atoms with van der Waals surface area (Å²) >= 11 is 3.46. The molecule has 19 heavy (non-hydrogen) atoms.